The van der Waals surface area contributed by atoms with Gasteiger partial charge >= 0.3 is 0 Å². The highest BCUT2D eigenvalue weighted by Crippen LogP contribution is 2.21. The van der Waals surface area contributed by atoms with Crippen LogP contribution >= 0.6 is 0 Å². The molecule has 0 spiro atoms. The van der Waals surface area contributed by atoms with Crippen LogP contribution in [0.4, 0.5) is 0 Å². The van der Waals surface area contributed by atoms with Gasteiger partial charge in [-0.05, 0) is 44.2 Å². The minimum absolute atomic E-state index is 0.223. The van der Waals surface area contributed by atoms with E-state index >= 15 is 0 Å². The summed E-state index contributed by atoms with van der Waals surface area (Å²) >= 11 is 0. The van der Waals surface area contributed by atoms with Crippen LogP contribution in [-0.2, 0) is 4.79 Å². The van der Waals surface area contributed by atoms with Crippen LogP contribution in [0.5, 0.6) is 0 Å². The Morgan fingerprint density at radius 1 is 1.35 bits per heavy atom. The van der Waals surface area contributed by atoms with E-state index in [1.54, 1.807) is 0 Å². The minimum Gasteiger partial charge on any atom is -0.393 e. The summed E-state index contributed by atoms with van der Waals surface area (Å²) in [5.74, 6) is 1.07. The predicted octanol–water partition coefficient (Wildman–Crippen LogP) is 0.605. The molecule has 0 saturated carbocycles. The van der Waals surface area contributed by atoms with Crippen LogP contribution in [0.3, 0.4) is 0 Å². The first-order chi connectivity index (χ1) is 8.16. The SMILES string of the molecule is CC1CN(C(=O)CC2CCNCC2)CCC1O. The summed E-state index contributed by atoms with van der Waals surface area (Å²) in [4.78, 5) is 14.1. The molecule has 4 nitrogen and oxygen atoms in total. The lowest BCUT2D eigenvalue weighted by Gasteiger charge is -2.35. The highest BCUT2D eigenvalue weighted by atomic mass is 16.3. The molecule has 17 heavy (non-hydrogen) atoms. The Morgan fingerprint density at radius 2 is 2.06 bits per heavy atom. The van der Waals surface area contributed by atoms with Gasteiger partial charge in [-0.3, -0.25) is 4.79 Å². The summed E-state index contributed by atoms with van der Waals surface area (Å²) < 4.78 is 0. The van der Waals surface area contributed by atoms with Crippen LogP contribution in [0, 0.1) is 11.8 Å². The molecule has 0 aliphatic carbocycles. The molecule has 0 radical (unpaired) electrons. The van der Waals surface area contributed by atoms with E-state index in [0.717, 1.165) is 45.4 Å². The predicted molar refractivity (Wildman–Crippen MR) is 66.6 cm³/mol. The number of hydrogen-bond acceptors (Lipinski definition) is 3. The van der Waals surface area contributed by atoms with E-state index in [0.29, 0.717) is 12.3 Å². The number of carbonyl (C=O) groups is 1. The summed E-state index contributed by atoms with van der Waals surface area (Å²) in [6, 6.07) is 0. The first kappa shape index (κ1) is 12.8. The molecule has 0 aromatic rings. The molecule has 2 atom stereocenters. The molecular weight excluding hydrogens is 216 g/mol. The fourth-order valence-electron chi connectivity index (χ4n) is 2.82. The molecule has 0 aromatic carbocycles. The van der Waals surface area contributed by atoms with Gasteiger partial charge in [0.2, 0.25) is 5.91 Å². The van der Waals surface area contributed by atoms with Crippen LogP contribution in [0.2, 0.25) is 0 Å². The number of likely N-dealkylation sites (tertiary alicyclic amines) is 1. The number of hydrogen-bond donors (Lipinski definition) is 2. The lowest BCUT2D eigenvalue weighted by molar-refractivity contribution is -0.135. The van der Waals surface area contributed by atoms with Crippen LogP contribution < -0.4 is 5.32 Å². The van der Waals surface area contributed by atoms with Gasteiger partial charge in [-0.2, -0.15) is 0 Å². The monoisotopic (exact) mass is 240 g/mol. The van der Waals surface area contributed by atoms with Crippen molar-refractivity contribution in [2.75, 3.05) is 26.2 Å². The van der Waals surface area contributed by atoms with Crippen molar-refractivity contribution in [3.8, 4) is 0 Å². The van der Waals surface area contributed by atoms with Crippen molar-refractivity contribution in [2.45, 2.75) is 38.7 Å². The normalized spacial score (nSPS) is 31.5. The molecule has 98 valence electrons. The number of aliphatic hydroxyl groups is 1. The second kappa shape index (κ2) is 5.83. The third-order valence-electron chi connectivity index (χ3n) is 4.13. The number of aliphatic hydroxyl groups excluding tert-OH is 1. The van der Waals surface area contributed by atoms with Gasteiger partial charge in [-0.1, -0.05) is 6.92 Å². The number of nitrogens with one attached hydrogen (secondary N) is 1. The molecule has 2 unspecified atom stereocenters. The van der Waals surface area contributed by atoms with Crippen molar-refractivity contribution < 1.29 is 9.90 Å². The summed E-state index contributed by atoms with van der Waals surface area (Å²) in [7, 11) is 0. The molecule has 2 aliphatic rings. The zero-order valence-corrected chi connectivity index (χ0v) is 10.7. The fourth-order valence-corrected chi connectivity index (χ4v) is 2.82. The van der Waals surface area contributed by atoms with Crippen molar-refractivity contribution in [1.29, 1.82) is 0 Å². The van der Waals surface area contributed by atoms with Gasteiger partial charge in [0, 0.05) is 19.5 Å². The van der Waals surface area contributed by atoms with Gasteiger partial charge < -0.3 is 15.3 Å². The number of piperidine rings is 2. The van der Waals surface area contributed by atoms with Gasteiger partial charge in [0.15, 0.2) is 0 Å². The van der Waals surface area contributed by atoms with Gasteiger partial charge in [0.25, 0.3) is 0 Å². The maximum Gasteiger partial charge on any atom is 0.222 e. The lowest BCUT2D eigenvalue weighted by atomic mass is 9.92. The summed E-state index contributed by atoms with van der Waals surface area (Å²) in [6.45, 7) is 5.58. The van der Waals surface area contributed by atoms with Gasteiger partial charge in [-0.25, -0.2) is 0 Å². The Hall–Kier alpha value is -0.610. The van der Waals surface area contributed by atoms with Crippen molar-refractivity contribution in [3.05, 3.63) is 0 Å². The molecular formula is C13H24N2O2. The second-order valence-electron chi connectivity index (χ2n) is 5.57. The van der Waals surface area contributed by atoms with Crippen LogP contribution in [0.15, 0.2) is 0 Å². The van der Waals surface area contributed by atoms with E-state index in [1.807, 2.05) is 11.8 Å². The zero-order chi connectivity index (χ0) is 12.3. The van der Waals surface area contributed by atoms with E-state index < -0.39 is 0 Å². The Bertz CT molecular complexity index is 264. The lowest BCUT2D eigenvalue weighted by Crippen LogP contribution is -2.45. The highest BCUT2D eigenvalue weighted by molar-refractivity contribution is 5.76. The summed E-state index contributed by atoms with van der Waals surface area (Å²) in [6.07, 6.45) is 3.46. The average molecular weight is 240 g/mol. The average Bonchev–Trinajstić information content (AvgIpc) is 2.34. The Kier molecular flexibility index (Phi) is 4.40. The van der Waals surface area contributed by atoms with Crippen LogP contribution in [-0.4, -0.2) is 48.2 Å². The Labute approximate surface area is 103 Å². The van der Waals surface area contributed by atoms with Crippen LogP contribution in [0.1, 0.15) is 32.6 Å². The molecule has 2 saturated heterocycles. The molecule has 2 heterocycles. The topological polar surface area (TPSA) is 52.6 Å². The van der Waals surface area contributed by atoms with Crippen molar-refractivity contribution in [2.24, 2.45) is 11.8 Å². The summed E-state index contributed by atoms with van der Waals surface area (Å²) in [5, 5.41) is 13.0. The molecule has 2 fully saturated rings. The van der Waals surface area contributed by atoms with E-state index in [4.69, 9.17) is 0 Å². The third-order valence-corrected chi connectivity index (χ3v) is 4.13. The first-order valence-electron chi connectivity index (χ1n) is 6.83. The molecule has 4 heteroatoms. The van der Waals surface area contributed by atoms with E-state index in [1.165, 1.54) is 0 Å². The quantitative estimate of drug-likeness (QED) is 0.743. The summed E-state index contributed by atoms with van der Waals surface area (Å²) in [5.41, 5.74) is 0. The maximum absolute atomic E-state index is 12.1. The molecule has 0 bridgehead atoms. The highest BCUT2D eigenvalue weighted by Gasteiger charge is 2.28. The smallest absolute Gasteiger partial charge is 0.222 e. The van der Waals surface area contributed by atoms with E-state index in [-0.39, 0.29) is 17.9 Å². The van der Waals surface area contributed by atoms with Gasteiger partial charge in [-0.15, -0.1) is 0 Å². The Morgan fingerprint density at radius 3 is 2.71 bits per heavy atom. The third kappa shape index (κ3) is 3.42. The Balaban J connectivity index is 1.79. The minimum atomic E-state index is -0.224. The zero-order valence-electron chi connectivity index (χ0n) is 10.7. The largest absolute Gasteiger partial charge is 0.393 e. The molecule has 0 aromatic heterocycles. The van der Waals surface area contributed by atoms with Gasteiger partial charge in [0.05, 0.1) is 6.10 Å². The van der Waals surface area contributed by atoms with Crippen molar-refractivity contribution in [3.63, 3.8) is 0 Å². The second-order valence-corrected chi connectivity index (χ2v) is 5.57. The first-order valence-corrected chi connectivity index (χ1v) is 6.83. The molecule has 1 amide bonds. The van der Waals surface area contributed by atoms with Gasteiger partial charge in [0.1, 0.15) is 0 Å². The standard InChI is InChI=1S/C13H24N2O2/c1-10-9-15(7-4-12(10)16)13(17)8-11-2-5-14-6-3-11/h10-12,14,16H,2-9H2,1H3. The number of nitrogens with zero attached hydrogens (tertiary/aromatic N) is 1. The molecule has 2 aliphatic heterocycles. The number of rotatable bonds is 2. The molecule has 2 N–H and O–H groups in total. The molecule has 2 rings (SSSR count). The number of amides is 1. The van der Waals surface area contributed by atoms with Crippen molar-refractivity contribution in [1.82, 2.24) is 10.2 Å². The van der Waals surface area contributed by atoms with Crippen molar-refractivity contribution >= 4 is 5.91 Å². The van der Waals surface area contributed by atoms with E-state index in [2.05, 4.69) is 5.32 Å². The van der Waals surface area contributed by atoms with E-state index in [9.17, 15) is 9.90 Å². The van der Waals surface area contributed by atoms with Crippen LogP contribution in [0.25, 0.3) is 0 Å². The fraction of sp³-hybridized carbons (Fsp3) is 0.923. The maximum atomic E-state index is 12.1. The number of carbonyl (C=O) groups excluding carboxylic acids is 1.